The lowest BCUT2D eigenvalue weighted by atomic mass is 9.80. The highest BCUT2D eigenvalue weighted by atomic mass is 16.3. The zero-order chi connectivity index (χ0) is 14.3. The molecule has 4 heteroatoms. The van der Waals surface area contributed by atoms with Crippen LogP contribution >= 0.6 is 0 Å². The summed E-state index contributed by atoms with van der Waals surface area (Å²) in [5.74, 6) is 0.0638. The fraction of sp³-hybridized carbons (Fsp3) is 0.500. The summed E-state index contributed by atoms with van der Waals surface area (Å²) in [6.07, 6.45) is 1.37. The maximum Gasteiger partial charge on any atom is 0.240 e. The Balaban J connectivity index is 1.79. The molecule has 1 saturated heterocycles. The van der Waals surface area contributed by atoms with Crippen LogP contribution in [-0.4, -0.2) is 34.5 Å². The summed E-state index contributed by atoms with van der Waals surface area (Å²) < 4.78 is 0. The second-order valence-electron chi connectivity index (χ2n) is 6.18. The SMILES string of the molecule is CC1(c2ccccc2)CC(=O)N(CC2CC(O)C2)C1=O. The van der Waals surface area contributed by atoms with Crippen molar-refractivity contribution < 1.29 is 14.7 Å². The van der Waals surface area contributed by atoms with Gasteiger partial charge in [0.15, 0.2) is 0 Å². The van der Waals surface area contributed by atoms with Gasteiger partial charge in [-0.1, -0.05) is 30.3 Å². The van der Waals surface area contributed by atoms with Gasteiger partial charge in [0.2, 0.25) is 11.8 Å². The zero-order valence-electron chi connectivity index (χ0n) is 11.6. The number of nitrogens with zero attached hydrogens (tertiary/aromatic N) is 1. The Bertz CT molecular complexity index is 536. The topological polar surface area (TPSA) is 57.6 Å². The van der Waals surface area contributed by atoms with E-state index in [0.29, 0.717) is 19.4 Å². The van der Waals surface area contributed by atoms with E-state index < -0.39 is 5.41 Å². The summed E-state index contributed by atoms with van der Waals surface area (Å²) in [4.78, 5) is 26.2. The Morgan fingerprint density at radius 3 is 2.50 bits per heavy atom. The number of amides is 2. The Morgan fingerprint density at radius 1 is 1.25 bits per heavy atom. The van der Waals surface area contributed by atoms with Gasteiger partial charge in [-0.2, -0.15) is 0 Å². The van der Waals surface area contributed by atoms with Gasteiger partial charge in [0, 0.05) is 13.0 Å². The number of benzene rings is 1. The van der Waals surface area contributed by atoms with Crippen LogP contribution in [0.3, 0.4) is 0 Å². The lowest BCUT2D eigenvalue weighted by Gasteiger charge is -2.34. The third-order valence-corrected chi connectivity index (χ3v) is 4.59. The van der Waals surface area contributed by atoms with Crippen LogP contribution in [-0.2, 0) is 15.0 Å². The normalized spacial score (nSPS) is 33.4. The average Bonchev–Trinajstić information content (AvgIpc) is 2.62. The van der Waals surface area contributed by atoms with Crippen LogP contribution in [0, 0.1) is 5.92 Å². The number of aliphatic hydroxyl groups excluding tert-OH is 1. The molecule has 2 amide bonds. The van der Waals surface area contributed by atoms with Crippen LogP contribution in [0.25, 0.3) is 0 Å². The smallest absolute Gasteiger partial charge is 0.240 e. The molecule has 0 spiro atoms. The van der Waals surface area contributed by atoms with E-state index in [1.165, 1.54) is 4.90 Å². The number of hydrogen-bond acceptors (Lipinski definition) is 3. The molecule has 1 heterocycles. The molecule has 0 bridgehead atoms. The number of imide groups is 1. The largest absolute Gasteiger partial charge is 0.393 e. The quantitative estimate of drug-likeness (QED) is 0.849. The summed E-state index contributed by atoms with van der Waals surface area (Å²) in [5, 5.41) is 9.32. The molecular formula is C16H19NO3. The molecule has 0 radical (unpaired) electrons. The van der Waals surface area contributed by atoms with Crippen molar-refractivity contribution in [2.45, 2.75) is 37.7 Å². The van der Waals surface area contributed by atoms with E-state index in [4.69, 9.17) is 0 Å². The van der Waals surface area contributed by atoms with Crippen molar-refractivity contribution in [3.05, 3.63) is 35.9 Å². The predicted octanol–water partition coefficient (Wildman–Crippen LogP) is 1.47. The molecule has 1 N–H and O–H groups in total. The fourth-order valence-corrected chi connectivity index (χ4v) is 3.21. The molecule has 106 valence electrons. The van der Waals surface area contributed by atoms with E-state index >= 15 is 0 Å². The Morgan fingerprint density at radius 2 is 1.90 bits per heavy atom. The molecule has 3 rings (SSSR count). The first-order valence-corrected chi connectivity index (χ1v) is 7.09. The van der Waals surface area contributed by atoms with E-state index in [-0.39, 0.29) is 30.3 Å². The number of aliphatic hydroxyl groups is 1. The standard InChI is InChI=1S/C16H19NO3/c1-16(12-5-3-2-4-6-12)9-14(19)17(15(16)20)10-11-7-13(18)8-11/h2-6,11,13,18H,7-10H2,1H3. The van der Waals surface area contributed by atoms with Gasteiger partial charge in [-0.05, 0) is 31.2 Å². The molecule has 1 aliphatic heterocycles. The summed E-state index contributed by atoms with van der Waals surface area (Å²) in [7, 11) is 0. The van der Waals surface area contributed by atoms with Crippen LogP contribution in [0.1, 0.15) is 31.7 Å². The van der Waals surface area contributed by atoms with Gasteiger partial charge in [0.1, 0.15) is 0 Å². The Labute approximate surface area is 118 Å². The van der Waals surface area contributed by atoms with Crippen LogP contribution in [0.4, 0.5) is 0 Å². The van der Waals surface area contributed by atoms with Crippen LogP contribution in [0.2, 0.25) is 0 Å². The average molecular weight is 273 g/mol. The van der Waals surface area contributed by atoms with Crippen LogP contribution < -0.4 is 0 Å². The zero-order valence-corrected chi connectivity index (χ0v) is 11.6. The number of rotatable bonds is 3. The van der Waals surface area contributed by atoms with Gasteiger partial charge >= 0.3 is 0 Å². The van der Waals surface area contributed by atoms with Crippen molar-refractivity contribution >= 4 is 11.8 Å². The number of carbonyl (C=O) groups excluding carboxylic acids is 2. The van der Waals surface area contributed by atoms with Crippen LogP contribution in [0.5, 0.6) is 0 Å². The summed E-state index contributed by atoms with van der Waals surface area (Å²) in [5.41, 5.74) is 0.162. The van der Waals surface area contributed by atoms with Gasteiger partial charge in [-0.15, -0.1) is 0 Å². The molecule has 1 aromatic rings. The highest BCUT2D eigenvalue weighted by Crippen LogP contribution is 2.38. The highest BCUT2D eigenvalue weighted by Gasteiger charge is 2.50. The monoisotopic (exact) mass is 273 g/mol. The van der Waals surface area contributed by atoms with E-state index in [2.05, 4.69) is 0 Å². The van der Waals surface area contributed by atoms with Crippen LogP contribution in [0.15, 0.2) is 30.3 Å². The molecule has 20 heavy (non-hydrogen) atoms. The molecule has 1 saturated carbocycles. The van der Waals surface area contributed by atoms with Crippen molar-refractivity contribution in [3.63, 3.8) is 0 Å². The third-order valence-electron chi connectivity index (χ3n) is 4.59. The molecule has 4 nitrogen and oxygen atoms in total. The Kier molecular flexibility index (Phi) is 3.13. The van der Waals surface area contributed by atoms with Crippen molar-refractivity contribution in [1.29, 1.82) is 0 Å². The highest BCUT2D eigenvalue weighted by molar-refractivity contribution is 6.08. The minimum Gasteiger partial charge on any atom is -0.393 e. The van der Waals surface area contributed by atoms with E-state index in [1.807, 2.05) is 37.3 Å². The molecule has 1 aliphatic carbocycles. The number of hydrogen-bond donors (Lipinski definition) is 1. The number of likely N-dealkylation sites (tertiary alicyclic amines) is 1. The molecule has 2 aliphatic rings. The van der Waals surface area contributed by atoms with Crippen molar-refractivity contribution in [2.24, 2.45) is 5.92 Å². The Hall–Kier alpha value is -1.68. The van der Waals surface area contributed by atoms with Gasteiger partial charge in [-0.25, -0.2) is 0 Å². The predicted molar refractivity (Wildman–Crippen MR) is 73.9 cm³/mol. The van der Waals surface area contributed by atoms with Crippen molar-refractivity contribution in [2.75, 3.05) is 6.54 Å². The van der Waals surface area contributed by atoms with Crippen molar-refractivity contribution in [3.8, 4) is 0 Å². The van der Waals surface area contributed by atoms with E-state index in [9.17, 15) is 14.7 Å². The first kappa shape index (κ1) is 13.3. The van der Waals surface area contributed by atoms with E-state index in [0.717, 1.165) is 5.56 Å². The first-order chi connectivity index (χ1) is 9.50. The first-order valence-electron chi connectivity index (χ1n) is 7.09. The van der Waals surface area contributed by atoms with Gasteiger partial charge in [0.05, 0.1) is 11.5 Å². The third kappa shape index (κ3) is 2.04. The molecular weight excluding hydrogens is 254 g/mol. The van der Waals surface area contributed by atoms with Gasteiger partial charge < -0.3 is 5.11 Å². The van der Waals surface area contributed by atoms with Gasteiger partial charge in [0.25, 0.3) is 0 Å². The molecule has 1 unspecified atom stereocenters. The van der Waals surface area contributed by atoms with Gasteiger partial charge in [-0.3, -0.25) is 14.5 Å². The maximum atomic E-state index is 12.6. The lowest BCUT2D eigenvalue weighted by Crippen LogP contribution is -2.43. The number of carbonyl (C=O) groups is 2. The van der Waals surface area contributed by atoms with E-state index in [1.54, 1.807) is 0 Å². The second-order valence-corrected chi connectivity index (χ2v) is 6.18. The molecule has 1 aromatic carbocycles. The minimum absolute atomic E-state index is 0.0947. The molecule has 2 fully saturated rings. The van der Waals surface area contributed by atoms with Crippen molar-refractivity contribution in [1.82, 2.24) is 4.90 Å². The minimum atomic E-state index is -0.735. The fourth-order valence-electron chi connectivity index (χ4n) is 3.21. The lowest BCUT2D eigenvalue weighted by molar-refractivity contribution is -0.141. The second kappa shape index (κ2) is 4.70. The molecule has 1 atom stereocenters. The summed E-state index contributed by atoms with van der Waals surface area (Å²) in [6.45, 7) is 2.30. The summed E-state index contributed by atoms with van der Waals surface area (Å²) >= 11 is 0. The summed E-state index contributed by atoms with van der Waals surface area (Å²) in [6, 6.07) is 9.50. The maximum absolute atomic E-state index is 12.6. The molecule has 0 aromatic heterocycles.